The van der Waals surface area contributed by atoms with Crippen molar-refractivity contribution in [2.75, 3.05) is 19.7 Å². The van der Waals surface area contributed by atoms with Crippen LogP contribution in [0.3, 0.4) is 0 Å². The molecule has 112 valence electrons. The van der Waals surface area contributed by atoms with Gasteiger partial charge in [0.2, 0.25) is 10.0 Å². The van der Waals surface area contributed by atoms with Crippen LogP contribution in [0.25, 0.3) is 0 Å². The summed E-state index contributed by atoms with van der Waals surface area (Å²) in [4.78, 5) is 11.3. The first kappa shape index (κ1) is 16.6. The molecule has 0 radical (unpaired) electrons. The Labute approximate surface area is 118 Å². The number of ether oxygens (including phenoxy) is 1. The third-order valence-corrected chi connectivity index (χ3v) is 4.36. The fraction of sp³-hybridized carbons (Fsp3) is 0.462. The lowest BCUT2D eigenvalue weighted by atomic mass is 10.4. The quantitative estimate of drug-likeness (QED) is 0.720. The second-order valence-electron chi connectivity index (χ2n) is 4.10. The largest absolute Gasteiger partial charge is 0.465 e. The van der Waals surface area contributed by atoms with Gasteiger partial charge >= 0.3 is 5.97 Å². The number of nitrogens with zero attached hydrogens (tertiary/aromatic N) is 1. The van der Waals surface area contributed by atoms with Gasteiger partial charge in [0.05, 0.1) is 11.5 Å². The molecule has 5 nitrogen and oxygen atoms in total. The molecule has 0 unspecified atom stereocenters. The molecule has 0 bridgehead atoms. The van der Waals surface area contributed by atoms with E-state index in [1.807, 2.05) is 0 Å². The van der Waals surface area contributed by atoms with Gasteiger partial charge < -0.3 is 4.74 Å². The lowest BCUT2D eigenvalue weighted by Crippen LogP contribution is -2.37. The molecule has 7 heteroatoms. The molecule has 0 aliphatic rings. The van der Waals surface area contributed by atoms with Crippen molar-refractivity contribution in [1.29, 1.82) is 0 Å². The summed E-state index contributed by atoms with van der Waals surface area (Å²) in [5, 5.41) is 0. The average Bonchev–Trinajstić information content (AvgIpc) is 2.38. The number of hydrogen-bond donors (Lipinski definition) is 0. The minimum absolute atomic E-state index is 0.164. The van der Waals surface area contributed by atoms with E-state index in [0.717, 1.165) is 16.4 Å². The van der Waals surface area contributed by atoms with Crippen molar-refractivity contribution in [3.63, 3.8) is 0 Å². The second-order valence-corrected chi connectivity index (χ2v) is 6.04. The Bertz CT molecular complexity index is 559. The first-order chi connectivity index (χ1) is 9.41. The number of halogens is 1. The molecule has 20 heavy (non-hydrogen) atoms. The fourth-order valence-electron chi connectivity index (χ4n) is 1.66. The third kappa shape index (κ3) is 4.28. The molecule has 0 fully saturated rings. The van der Waals surface area contributed by atoms with Crippen LogP contribution in [-0.2, 0) is 19.6 Å². The predicted octanol–water partition coefficient (Wildman–Crippen LogP) is 1.79. The Balaban J connectivity index is 3.03. The van der Waals surface area contributed by atoms with Crippen LogP contribution in [0.2, 0.25) is 0 Å². The molecule has 1 rings (SSSR count). The highest BCUT2D eigenvalue weighted by atomic mass is 32.2. The highest BCUT2D eigenvalue weighted by Gasteiger charge is 2.26. The predicted molar refractivity (Wildman–Crippen MR) is 72.1 cm³/mol. The third-order valence-electron chi connectivity index (χ3n) is 2.52. The van der Waals surface area contributed by atoms with Crippen LogP contribution in [0.1, 0.15) is 20.3 Å². The lowest BCUT2D eigenvalue weighted by molar-refractivity contribution is -0.143. The number of benzene rings is 1. The van der Waals surface area contributed by atoms with Gasteiger partial charge in [-0.1, -0.05) is 13.0 Å². The number of esters is 1. The van der Waals surface area contributed by atoms with Gasteiger partial charge in [-0.3, -0.25) is 4.79 Å². The van der Waals surface area contributed by atoms with Crippen molar-refractivity contribution in [1.82, 2.24) is 4.31 Å². The number of hydrogen-bond acceptors (Lipinski definition) is 4. The summed E-state index contributed by atoms with van der Waals surface area (Å²) < 4.78 is 43.6. The van der Waals surface area contributed by atoms with Gasteiger partial charge in [-0.2, -0.15) is 4.31 Å². The van der Waals surface area contributed by atoms with E-state index in [1.165, 1.54) is 12.1 Å². The Hall–Kier alpha value is -1.47. The fourth-order valence-corrected chi connectivity index (χ4v) is 3.17. The van der Waals surface area contributed by atoms with E-state index < -0.39 is 21.8 Å². The Morgan fingerprint density at radius 3 is 2.60 bits per heavy atom. The number of rotatable bonds is 7. The van der Waals surface area contributed by atoms with Crippen molar-refractivity contribution >= 4 is 16.0 Å². The van der Waals surface area contributed by atoms with Crippen molar-refractivity contribution in [3.8, 4) is 0 Å². The first-order valence-corrected chi connectivity index (χ1v) is 7.77. The maximum absolute atomic E-state index is 13.2. The smallest absolute Gasteiger partial charge is 0.321 e. The normalized spacial score (nSPS) is 11.6. The SMILES string of the molecule is CCCN(CC(=O)OCC)S(=O)(=O)c1cccc(F)c1. The maximum Gasteiger partial charge on any atom is 0.321 e. The van der Waals surface area contributed by atoms with Crippen LogP contribution in [0.15, 0.2) is 29.2 Å². The van der Waals surface area contributed by atoms with E-state index >= 15 is 0 Å². The summed E-state index contributed by atoms with van der Waals surface area (Å²) in [6, 6.07) is 4.71. The molecule has 0 saturated carbocycles. The van der Waals surface area contributed by atoms with Crippen molar-refractivity contribution in [2.24, 2.45) is 0 Å². The van der Waals surface area contributed by atoms with Crippen LogP contribution in [-0.4, -0.2) is 38.4 Å². The van der Waals surface area contributed by atoms with Gasteiger partial charge in [0.25, 0.3) is 0 Å². The van der Waals surface area contributed by atoms with Crippen LogP contribution in [0, 0.1) is 5.82 Å². The van der Waals surface area contributed by atoms with E-state index in [2.05, 4.69) is 0 Å². The topological polar surface area (TPSA) is 63.7 Å². The molecule has 0 aromatic heterocycles. The van der Waals surface area contributed by atoms with Gasteiger partial charge in [-0.25, -0.2) is 12.8 Å². The van der Waals surface area contributed by atoms with E-state index in [1.54, 1.807) is 13.8 Å². The van der Waals surface area contributed by atoms with Gasteiger partial charge in [0.15, 0.2) is 0 Å². The zero-order chi connectivity index (χ0) is 15.2. The highest BCUT2D eigenvalue weighted by Crippen LogP contribution is 2.17. The summed E-state index contributed by atoms with van der Waals surface area (Å²) in [5.41, 5.74) is 0. The molecule has 0 aliphatic heterocycles. The molecule has 1 aromatic rings. The minimum atomic E-state index is -3.91. The van der Waals surface area contributed by atoms with E-state index in [-0.39, 0.29) is 24.6 Å². The van der Waals surface area contributed by atoms with E-state index in [9.17, 15) is 17.6 Å². The molecule has 0 atom stereocenters. The maximum atomic E-state index is 13.2. The standard InChI is InChI=1S/C13H18FNO4S/c1-3-8-15(10-13(16)19-4-2)20(17,18)12-7-5-6-11(14)9-12/h5-7,9H,3-4,8,10H2,1-2H3. The van der Waals surface area contributed by atoms with Crippen LogP contribution < -0.4 is 0 Å². The lowest BCUT2D eigenvalue weighted by Gasteiger charge is -2.20. The molecule has 0 spiro atoms. The Morgan fingerprint density at radius 2 is 2.05 bits per heavy atom. The molecule has 0 amide bonds. The van der Waals surface area contributed by atoms with Crippen LogP contribution >= 0.6 is 0 Å². The summed E-state index contributed by atoms with van der Waals surface area (Å²) in [5.74, 6) is -1.26. The van der Waals surface area contributed by atoms with Crippen molar-refractivity contribution in [2.45, 2.75) is 25.2 Å². The second kappa shape index (κ2) is 7.35. The van der Waals surface area contributed by atoms with E-state index in [4.69, 9.17) is 4.74 Å². The zero-order valence-electron chi connectivity index (χ0n) is 11.5. The average molecular weight is 303 g/mol. The van der Waals surface area contributed by atoms with Gasteiger partial charge in [0, 0.05) is 6.54 Å². The highest BCUT2D eigenvalue weighted by molar-refractivity contribution is 7.89. The first-order valence-electron chi connectivity index (χ1n) is 6.33. The Kier molecular flexibility index (Phi) is 6.09. The summed E-state index contributed by atoms with van der Waals surface area (Å²) in [6.45, 7) is 3.40. The molecule has 0 heterocycles. The number of carbonyl (C=O) groups excluding carboxylic acids is 1. The van der Waals surface area contributed by atoms with Gasteiger partial charge in [0.1, 0.15) is 12.4 Å². The molecular weight excluding hydrogens is 285 g/mol. The minimum Gasteiger partial charge on any atom is -0.465 e. The van der Waals surface area contributed by atoms with Crippen molar-refractivity contribution in [3.05, 3.63) is 30.1 Å². The van der Waals surface area contributed by atoms with Crippen molar-refractivity contribution < 1.29 is 22.3 Å². The monoisotopic (exact) mass is 303 g/mol. The Morgan fingerprint density at radius 1 is 1.35 bits per heavy atom. The molecule has 0 N–H and O–H groups in total. The summed E-state index contributed by atoms with van der Waals surface area (Å²) >= 11 is 0. The molecule has 0 saturated heterocycles. The summed E-state index contributed by atoms with van der Waals surface area (Å²) in [7, 11) is -3.91. The van der Waals surface area contributed by atoms with Crippen LogP contribution in [0.5, 0.6) is 0 Å². The molecular formula is C13H18FNO4S. The summed E-state index contributed by atoms with van der Waals surface area (Å²) in [6.07, 6.45) is 0.536. The van der Waals surface area contributed by atoms with Gasteiger partial charge in [-0.05, 0) is 31.5 Å². The van der Waals surface area contributed by atoms with Gasteiger partial charge in [-0.15, -0.1) is 0 Å². The number of sulfonamides is 1. The van der Waals surface area contributed by atoms with Crippen LogP contribution in [0.4, 0.5) is 4.39 Å². The zero-order valence-corrected chi connectivity index (χ0v) is 12.3. The molecule has 1 aromatic carbocycles. The van der Waals surface area contributed by atoms with E-state index in [0.29, 0.717) is 6.42 Å². The number of carbonyl (C=O) groups is 1. The molecule has 0 aliphatic carbocycles.